The van der Waals surface area contributed by atoms with Crippen molar-refractivity contribution in [2.24, 2.45) is 5.92 Å². The number of carbonyl (C=O) groups excluding carboxylic acids is 1. The Labute approximate surface area is 196 Å². The van der Waals surface area contributed by atoms with Crippen LogP contribution in [0.25, 0.3) is 16.2 Å². The standard InChI is InChI=1S/C25H27N5O2S/c1-16(2)9-11-26-25(31)22-7-6-21(33-22)20-5-8-23-27-28-24(30(23)29-20)14-17-3-4-19-15-32-12-10-18(19)13-17/h3-8,13,16H,9-12,14-15H2,1-2H3,(H,26,31). The lowest BCUT2D eigenvalue weighted by atomic mass is 9.99. The second-order valence-corrected chi connectivity index (χ2v) is 9.87. The van der Waals surface area contributed by atoms with Gasteiger partial charge in [0.1, 0.15) is 5.69 Å². The number of nitrogens with one attached hydrogen (secondary N) is 1. The summed E-state index contributed by atoms with van der Waals surface area (Å²) < 4.78 is 7.34. The molecule has 0 radical (unpaired) electrons. The number of carbonyl (C=O) groups is 1. The van der Waals surface area contributed by atoms with E-state index in [9.17, 15) is 4.79 Å². The molecule has 0 bridgehead atoms. The van der Waals surface area contributed by atoms with Crippen molar-refractivity contribution in [3.8, 4) is 10.6 Å². The lowest BCUT2D eigenvalue weighted by Gasteiger charge is -2.17. The van der Waals surface area contributed by atoms with Gasteiger partial charge in [0.2, 0.25) is 0 Å². The molecule has 0 aliphatic carbocycles. The van der Waals surface area contributed by atoms with E-state index in [2.05, 4.69) is 47.6 Å². The minimum atomic E-state index is -0.0317. The zero-order valence-corrected chi connectivity index (χ0v) is 19.7. The summed E-state index contributed by atoms with van der Waals surface area (Å²) in [7, 11) is 0. The Balaban J connectivity index is 1.36. The summed E-state index contributed by atoms with van der Waals surface area (Å²) in [6.45, 7) is 6.45. The first-order valence-electron chi connectivity index (χ1n) is 11.3. The van der Waals surface area contributed by atoms with Crippen molar-refractivity contribution in [1.29, 1.82) is 0 Å². The zero-order chi connectivity index (χ0) is 22.8. The van der Waals surface area contributed by atoms with Gasteiger partial charge in [0.15, 0.2) is 11.5 Å². The molecule has 1 aromatic carbocycles. The minimum absolute atomic E-state index is 0.0317. The van der Waals surface area contributed by atoms with Gasteiger partial charge in [-0.05, 0) is 59.7 Å². The van der Waals surface area contributed by atoms with Crippen LogP contribution < -0.4 is 5.32 Å². The highest BCUT2D eigenvalue weighted by molar-refractivity contribution is 7.17. The highest BCUT2D eigenvalue weighted by Gasteiger charge is 2.15. The Kier molecular flexibility index (Phi) is 6.20. The number of amides is 1. The van der Waals surface area contributed by atoms with Crippen molar-refractivity contribution in [3.63, 3.8) is 0 Å². The van der Waals surface area contributed by atoms with Gasteiger partial charge in [-0.15, -0.1) is 21.5 Å². The second-order valence-electron chi connectivity index (χ2n) is 8.79. The molecule has 7 nitrogen and oxygen atoms in total. The highest BCUT2D eigenvalue weighted by Crippen LogP contribution is 2.27. The van der Waals surface area contributed by atoms with Gasteiger partial charge in [0.25, 0.3) is 5.91 Å². The lowest BCUT2D eigenvalue weighted by molar-refractivity contribution is 0.0956. The first kappa shape index (κ1) is 21.7. The molecule has 0 saturated carbocycles. The summed E-state index contributed by atoms with van der Waals surface area (Å²) in [5, 5.41) is 16.5. The molecule has 1 amide bonds. The third-order valence-corrected chi connectivity index (χ3v) is 6.93. The number of fused-ring (bicyclic) bond motifs is 2. The normalized spacial score (nSPS) is 13.4. The summed E-state index contributed by atoms with van der Waals surface area (Å²) in [6.07, 6.45) is 2.56. The molecule has 0 atom stereocenters. The number of hydrogen-bond donors (Lipinski definition) is 1. The van der Waals surface area contributed by atoms with Gasteiger partial charge in [-0.2, -0.15) is 9.61 Å². The first-order chi connectivity index (χ1) is 16.1. The second kappa shape index (κ2) is 9.41. The van der Waals surface area contributed by atoms with Crippen LogP contribution in [0.4, 0.5) is 0 Å². The number of hydrogen-bond acceptors (Lipinski definition) is 6. The molecule has 1 N–H and O–H groups in total. The third kappa shape index (κ3) is 4.82. The van der Waals surface area contributed by atoms with E-state index in [1.165, 1.54) is 28.0 Å². The third-order valence-electron chi connectivity index (χ3n) is 5.82. The van der Waals surface area contributed by atoms with Gasteiger partial charge in [-0.1, -0.05) is 32.0 Å². The average molecular weight is 462 g/mol. The van der Waals surface area contributed by atoms with Gasteiger partial charge in [-0.3, -0.25) is 4.79 Å². The fourth-order valence-corrected chi connectivity index (χ4v) is 4.83. The van der Waals surface area contributed by atoms with Crippen molar-refractivity contribution in [2.75, 3.05) is 13.2 Å². The lowest BCUT2D eigenvalue weighted by Crippen LogP contribution is -2.24. The van der Waals surface area contributed by atoms with Crippen LogP contribution >= 0.6 is 11.3 Å². The summed E-state index contributed by atoms with van der Waals surface area (Å²) in [5.74, 6) is 1.33. The molecule has 33 heavy (non-hydrogen) atoms. The number of aromatic nitrogens is 4. The van der Waals surface area contributed by atoms with Crippen LogP contribution in [0.3, 0.4) is 0 Å². The Morgan fingerprint density at radius 3 is 2.94 bits per heavy atom. The van der Waals surface area contributed by atoms with E-state index in [1.807, 2.05) is 24.3 Å². The van der Waals surface area contributed by atoms with Crippen molar-refractivity contribution in [1.82, 2.24) is 25.1 Å². The molecule has 4 heterocycles. The fourth-order valence-electron chi connectivity index (χ4n) is 3.94. The molecule has 0 saturated heterocycles. The monoisotopic (exact) mass is 461 g/mol. The van der Waals surface area contributed by atoms with Crippen LogP contribution in [0.2, 0.25) is 0 Å². The topological polar surface area (TPSA) is 81.4 Å². The predicted octanol–water partition coefficient (Wildman–Crippen LogP) is 4.29. The van der Waals surface area contributed by atoms with Crippen molar-refractivity contribution in [3.05, 3.63) is 69.9 Å². The van der Waals surface area contributed by atoms with Gasteiger partial charge in [0.05, 0.1) is 23.0 Å². The van der Waals surface area contributed by atoms with Gasteiger partial charge < -0.3 is 10.1 Å². The molecule has 170 valence electrons. The Bertz CT molecular complexity index is 1290. The molecule has 8 heteroatoms. The van der Waals surface area contributed by atoms with Crippen LogP contribution in [0.1, 0.15) is 52.5 Å². The summed E-state index contributed by atoms with van der Waals surface area (Å²) in [5.41, 5.74) is 5.31. The molecule has 5 rings (SSSR count). The Hall–Kier alpha value is -3.10. The summed E-state index contributed by atoms with van der Waals surface area (Å²) >= 11 is 1.45. The molecular weight excluding hydrogens is 434 g/mol. The zero-order valence-electron chi connectivity index (χ0n) is 18.9. The van der Waals surface area contributed by atoms with Crippen LogP contribution in [-0.2, 0) is 24.2 Å². The highest BCUT2D eigenvalue weighted by atomic mass is 32.1. The van der Waals surface area contributed by atoms with Crippen molar-refractivity contribution in [2.45, 2.75) is 39.7 Å². The number of nitrogens with zero attached hydrogens (tertiary/aromatic N) is 4. The molecule has 3 aromatic heterocycles. The van der Waals surface area contributed by atoms with Crippen LogP contribution in [0, 0.1) is 5.92 Å². The van der Waals surface area contributed by atoms with Gasteiger partial charge >= 0.3 is 0 Å². The maximum Gasteiger partial charge on any atom is 0.261 e. The van der Waals surface area contributed by atoms with Crippen LogP contribution in [0.5, 0.6) is 0 Å². The van der Waals surface area contributed by atoms with Gasteiger partial charge in [-0.25, -0.2) is 0 Å². The maximum absolute atomic E-state index is 12.4. The van der Waals surface area contributed by atoms with E-state index in [4.69, 9.17) is 9.84 Å². The van der Waals surface area contributed by atoms with E-state index in [0.717, 1.165) is 35.8 Å². The molecule has 1 aliphatic rings. The van der Waals surface area contributed by atoms with Crippen molar-refractivity contribution < 1.29 is 9.53 Å². The van der Waals surface area contributed by atoms with Crippen LogP contribution in [0.15, 0.2) is 42.5 Å². The van der Waals surface area contributed by atoms with E-state index in [-0.39, 0.29) is 5.91 Å². The first-order valence-corrected chi connectivity index (χ1v) is 12.2. The summed E-state index contributed by atoms with van der Waals surface area (Å²) in [4.78, 5) is 14.1. The molecule has 1 aliphatic heterocycles. The van der Waals surface area contributed by atoms with E-state index in [0.29, 0.717) is 36.0 Å². The molecular formula is C25H27N5O2S. The number of rotatable bonds is 7. The van der Waals surface area contributed by atoms with Crippen molar-refractivity contribution >= 4 is 22.9 Å². The number of benzene rings is 1. The fraction of sp³-hybridized carbons (Fsp3) is 0.360. The van der Waals surface area contributed by atoms with E-state index >= 15 is 0 Å². The number of ether oxygens (including phenoxy) is 1. The Morgan fingerprint density at radius 2 is 2.06 bits per heavy atom. The molecule has 0 unspecified atom stereocenters. The predicted molar refractivity (Wildman–Crippen MR) is 128 cm³/mol. The summed E-state index contributed by atoms with van der Waals surface area (Å²) in [6, 6.07) is 14.2. The van der Waals surface area contributed by atoms with E-state index in [1.54, 1.807) is 4.52 Å². The maximum atomic E-state index is 12.4. The molecule has 0 fully saturated rings. The SMILES string of the molecule is CC(C)CCNC(=O)c1ccc(-c2ccc3nnc(Cc4ccc5c(c4)CCOC5)n3n2)s1. The van der Waals surface area contributed by atoms with Crippen LogP contribution in [-0.4, -0.2) is 38.9 Å². The van der Waals surface area contributed by atoms with E-state index < -0.39 is 0 Å². The quantitative estimate of drug-likeness (QED) is 0.444. The Morgan fingerprint density at radius 1 is 1.15 bits per heavy atom. The largest absolute Gasteiger partial charge is 0.376 e. The number of thiophene rings is 1. The molecule has 0 spiro atoms. The average Bonchev–Trinajstić information content (AvgIpc) is 3.46. The molecule has 4 aromatic rings. The smallest absolute Gasteiger partial charge is 0.261 e. The minimum Gasteiger partial charge on any atom is -0.376 e. The van der Waals surface area contributed by atoms with Gasteiger partial charge in [0, 0.05) is 13.0 Å².